The van der Waals surface area contributed by atoms with E-state index < -0.39 is 0 Å². The molecule has 126 valence electrons. The van der Waals surface area contributed by atoms with E-state index in [-0.39, 0.29) is 16.9 Å². The molecule has 2 nitrogen and oxygen atoms in total. The topological polar surface area (TPSA) is 46.2 Å². The molecule has 0 aromatic heterocycles. The molecule has 0 bridgehead atoms. The summed E-state index contributed by atoms with van der Waals surface area (Å²) < 4.78 is 0. The maximum absolute atomic E-state index is 10.8. The number of hydrogen-bond donors (Lipinski definition) is 2. The van der Waals surface area contributed by atoms with E-state index in [1.165, 1.54) is 5.56 Å². The van der Waals surface area contributed by atoms with Crippen molar-refractivity contribution in [3.05, 3.63) is 28.8 Å². The molecular weight excluding hydrogens is 270 g/mol. The third-order valence-electron chi connectivity index (χ3n) is 4.27. The SMILES string of the molecule is CC(C)CC[C@H](N)c1cc(C(C)(C)C)cc(C(C)(C)C)c1O. The maximum atomic E-state index is 10.8. The number of phenolic OH excluding ortho intramolecular Hbond substituents is 1. The number of aromatic hydroxyl groups is 1. The molecule has 0 aliphatic carbocycles. The van der Waals surface area contributed by atoms with E-state index in [9.17, 15) is 5.11 Å². The monoisotopic (exact) mass is 305 g/mol. The molecular formula is C20H35NO. The first-order valence-electron chi connectivity index (χ1n) is 8.47. The van der Waals surface area contributed by atoms with Gasteiger partial charge in [0, 0.05) is 11.6 Å². The molecule has 0 unspecified atom stereocenters. The van der Waals surface area contributed by atoms with Crippen LogP contribution in [0.5, 0.6) is 5.75 Å². The zero-order chi connectivity index (χ0) is 17.3. The molecule has 1 aromatic rings. The van der Waals surface area contributed by atoms with Crippen molar-refractivity contribution in [1.29, 1.82) is 0 Å². The Hall–Kier alpha value is -1.02. The van der Waals surface area contributed by atoms with Crippen molar-refractivity contribution in [2.75, 3.05) is 0 Å². The summed E-state index contributed by atoms with van der Waals surface area (Å²) in [6.45, 7) is 17.4. The van der Waals surface area contributed by atoms with Gasteiger partial charge in [0.15, 0.2) is 0 Å². The largest absolute Gasteiger partial charge is 0.507 e. The predicted molar refractivity (Wildman–Crippen MR) is 96.5 cm³/mol. The molecule has 0 fully saturated rings. The first kappa shape index (κ1) is 19.0. The van der Waals surface area contributed by atoms with Crippen LogP contribution in [-0.4, -0.2) is 5.11 Å². The minimum absolute atomic E-state index is 0.0419. The van der Waals surface area contributed by atoms with Gasteiger partial charge < -0.3 is 10.8 Å². The number of hydrogen-bond acceptors (Lipinski definition) is 2. The van der Waals surface area contributed by atoms with Gasteiger partial charge in [0.05, 0.1) is 0 Å². The van der Waals surface area contributed by atoms with Crippen molar-refractivity contribution < 1.29 is 5.11 Å². The summed E-state index contributed by atoms with van der Waals surface area (Å²) in [6, 6.07) is 4.15. The Morgan fingerprint density at radius 1 is 0.955 bits per heavy atom. The number of benzene rings is 1. The lowest BCUT2D eigenvalue weighted by molar-refractivity contribution is 0.424. The van der Waals surface area contributed by atoms with Crippen molar-refractivity contribution >= 4 is 0 Å². The Morgan fingerprint density at radius 3 is 1.91 bits per heavy atom. The normalized spacial score (nSPS) is 14.5. The van der Waals surface area contributed by atoms with E-state index in [1.807, 2.05) is 0 Å². The van der Waals surface area contributed by atoms with Crippen LogP contribution in [0.1, 0.15) is 91.0 Å². The van der Waals surface area contributed by atoms with Gasteiger partial charge in [-0.05, 0) is 46.8 Å². The van der Waals surface area contributed by atoms with Gasteiger partial charge in [-0.3, -0.25) is 0 Å². The molecule has 1 aromatic carbocycles. The highest BCUT2D eigenvalue weighted by Gasteiger charge is 2.26. The Bertz CT molecular complexity index is 504. The van der Waals surface area contributed by atoms with Crippen LogP contribution in [0.4, 0.5) is 0 Å². The minimum Gasteiger partial charge on any atom is -0.507 e. The van der Waals surface area contributed by atoms with Crippen LogP contribution < -0.4 is 5.73 Å². The molecule has 1 rings (SSSR count). The summed E-state index contributed by atoms with van der Waals surface area (Å²) in [7, 11) is 0. The lowest BCUT2D eigenvalue weighted by Gasteiger charge is -2.29. The third kappa shape index (κ3) is 4.74. The van der Waals surface area contributed by atoms with Crippen LogP contribution in [-0.2, 0) is 10.8 Å². The van der Waals surface area contributed by atoms with E-state index in [1.54, 1.807) is 0 Å². The molecule has 1 atom stereocenters. The van der Waals surface area contributed by atoms with E-state index in [4.69, 9.17) is 5.73 Å². The van der Waals surface area contributed by atoms with E-state index in [0.717, 1.165) is 24.0 Å². The fourth-order valence-corrected chi connectivity index (χ4v) is 2.61. The highest BCUT2D eigenvalue weighted by molar-refractivity contribution is 5.49. The van der Waals surface area contributed by atoms with Crippen molar-refractivity contribution in [2.24, 2.45) is 11.7 Å². The summed E-state index contributed by atoms with van der Waals surface area (Å²) in [6.07, 6.45) is 1.98. The van der Waals surface area contributed by atoms with E-state index in [0.29, 0.717) is 11.7 Å². The summed E-state index contributed by atoms with van der Waals surface area (Å²) in [5, 5.41) is 10.8. The van der Waals surface area contributed by atoms with Gasteiger partial charge in [-0.15, -0.1) is 0 Å². The van der Waals surface area contributed by atoms with E-state index >= 15 is 0 Å². The van der Waals surface area contributed by atoms with E-state index in [2.05, 4.69) is 67.5 Å². The summed E-state index contributed by atoms with van der Waals surface area (Å²) in [4.78, 5) is 0. The van der Waals surface area contributed by atoms with Crippen molar-refractivity contribution in [3.8, 4) is 5.75 Å². The van der Waals surface area contributed by atoms with Crippen molar-refractivity contribution in [3.63, 3.8) is 0 Å². The zero-order valence-electron chi connectivity index (χ0n) is 15.7. The molecule has 0 saturated heterocycles. The van der Waals surface area contributed by atoms with Gasteiger partial charge in [-0.2, -0.15) is 0 Å². The highest BCUT2D eigenvalue weighted by atomic mass is 16.3. The zero-order valence-corrected chi connectivity index (χ0v) is 15.7. The highest BCUT2D eigenvalue weighted by Crippen LogP contribution is 2.40. The molecule has 3 N–H and O–H groups in total. The van der Waals surface area contributed by atoms with Crippen molar-refractivity contribution in [1.82, 2.24) is 0 Å². The van der Waals surface area contributed by atoms with Gasteiger partial charge in [-0.25, -0.2) is 0 Å². The Labute approximate surface area is 137 Å². The van der Waals surface area contributed by atoms with Gasteiger partial charge in [0.2, 0.25) is 0 Å². The van der Waals surface area contributed by atoms with Gasteiger partial charge in [0.25, 0.3) is 0 Å². The lowest BCUT2D eigenvalue weighted by Crippen LogP contribution is -2.20. The molecule has 0 aliphatic heterocycles. The molecule has 2 heteroatoms. The van der Waals surface area contributed by atoms with Gasteiger partial charge in [0.1, 0.15) is 5.75 Å². The average Bonchev–Trinajstić information content (AvgIpc) is 2.33. The lowest BCUT2D eigenvalue weighted by atomic mass is 9.78. The predicted octanol–water partition coefficient (Wildman–Crippen LogP) is 5.42. The minimum atomic E-state index is -0.106. The van der Waals surface area contributed by atoms with Crippen molar-refractivity contribution in [2.45, 2.75) is 85.1 Å². The number of nitrogens with two attached hydrogens (primary N) is 1. The van der Waals surface area contributed by atoms with Crippen LogP contribution in [0.15, 0.2) is 12.1 Å². The van der Waals surface area contributed by atoms with Crippen LogP contribution >= 0.6 is 0 Å². The summed E-state index contributed by atoms with van der Waals surface area (Å²) in [5.41, 5.74) is 9.49. The smallest absolute Gasteiger partial charge is 0.124 e. The first-order chi connectivity index (χ1) is 9.84. The van der Waals surface area contributed by atoms with Crippen LogP contribution in [0, 0.1) is 5.92 Å². The van der Waals surface area contributed by atoms with Gasteiger partial charge in [-0.1, -0.05) is 61.5 Å². The standard InChI is InChI=1S/C20H35NO/c1-13(2)9-10-17(21)15-11-14(19(3,4)5)12-16(18(15)22)20(6,7)8/h11-13,17,22H,9-10,21H2,1-8H3/t17-/m0/s1. The summed E-state index contributed by atoms with van der Waals surface area (Å²) >= 11 is 0. The Balaban J connectivity index is 3.37. The Morgan fingerprint density at radius 2 is 1.50 bits per heavy atom. The fraction of sp³-hybridized carbons (Fsp3) is 0.700. The molecule has 22 heavy (non-hydrogen) atoms. The third-order valence-corrected chi connectivity index (χ3v) is 4.27. The first-order valence-corrected chi connectivity index (χ1v) is 8.47. The quantitative estimate of drug-likeness (QED) is 0.779. The fourth-order valence-electron chi connectivity index (χ4n) is 2.61. The van der Waals surface area contributed by atoms with Gasteiger partial charge >= 0.3 is 0 Å². The molecule has 0 heterocycles. The second kappa shape index (κ2) is 6.62. The number of phenols is 1. The molecule has 0 saturated carbocycles. The van der Waals surface area contributed by atoms with Crippen LogP contribution in [0.3, 0.4) is 0 Å². The molecule has 0 radical (unpaired) electrons. The molecule has 0 aliphatic rings. The maximum Gasteiger partial charge on any atom is 0.124 e. The second-order valence-corrected chi connectivity index (χ2v) is 9.04. The second-order valence-electron chi connectivity index (χ2n) is 9.04. The number of rotatable bonds is 4. The average molecular weight is 306 g/mol. The van der Waals surface area contributed by atoms with Crippen LogP contribution in [0.25, 0.3) is 0 Å². The van der Waals surface area contributed by atoms with Crippen LogP contribution in [0.2, 0.25) is 0 Å². The molecule has 0 amide bonds. The Kier molecular flexibility index (Phi) is 5.72. The molecule has 0 spiro atoms. The summed E-state index contributed by atoms with van der Waals surface area (Å²) in [5.74, 6) is 1.01.